The van der Waals surface area contributed by atoms with Crippen molar-refractivity contribution < 1.29 is 4.79 Å². The second-order valence-corrected chi connectivity index (χ2v) is 8.68. The quantitative estimate of drug-likeness (QED) is 0.677. The first-order chi connectivity index (χ1) is 13.8. The van der Waals surface area contributed by atoms with Crippen LogP contribution in [0.4, 0.5) is 0 Å². The molecule has 0 radical (unpaired) electrons. The molecule has 2 saturated heterocycles. The minimum Gasteiger partial charge on any atom is -0.335 e. The molecule has 1 amide bonds. The van der Waals surface area contributed by atoms with Gasteiger partial charge in [-0.1, -0.05) is 18.2 Å². The summed E-state index contributed by atoms with van der Waals surface area (Å²) in [7, 11) is 0. The predicted molar refractivity (Wildman–Crippen MR) is 111 cm³/mol. The third kappa shape index (κ3) is 3.01. The summed E-state index contributed by atoms with van der Waals surface area (Å²) < 4.78 is 1.25. The number of rotatable bonds is 4. The van der Waals surface area contributed by atoms with Crippen LogP contribution in [0.25, 0.3) is 10.2 Å². The topological polar surface area (TPSA) is 49.3 Å². The molecule has 2 aliphatic rings. The number of carbonyl (C=O) groups is 1. The monoisotopic (exact) mass is 392 g/mol. The average Bonchev–Trinajstić information content (AvgIpc) is 3.35. The van der Waals surface area contributed by atoms with Crippen molar-refractivity contribution in [2.45, 2.75) is 44.3 Å². The summed E-state index contributed by atoms with van der Waals surface area (Å²) in [6, 6.07) is 12.2. The second kappa shape index (κ2) is 7.26. The fourth-order valence-corrected chi connectivity index (χ4v) is 5.67. The first-order valence-corrected chi connectivity index (χ1v) is 10.9. The Balaban J connectivity index is 1.41. The van der Waals surface area contributed by atoms with E-state index in [0.29, 0.717) is 12.5 Å². The minimum atomic E-state index is -0.347. The Morgan fingerprint density at radius 2 is 1.89 bits per heavy atom. The second-order valence-electron chi connectivity index (χ2n) is 7.83. The number of piperidine rings is 1. The lowest BCUT2D eigenvalue weighted by Crippen LogP contribution is -2.59. The molecule has 5 nitrogen and oxygen atoms in total. The Labute approximate surface area is 169 Å². The van der Waals surface area contributed by atoms with Gasteiger partial charge in [-0.05, 0) is 56.0 Å². The number of hydrogen-bond donors (Lipinski definition) is 0. The van der Waals surface area contributed by atoms with Gasteiger partial charge in [0.05, 0.1) is 28.0 Å². The molecule has 144 valence electrons. The van der Waals surface area contributed by atoms with Gasteiger partial charge in [-0.25, -0.2) is 4.98 Å². The molecule has 5 rings (SSSR count). The highest BCUT2D eigenvalue weighted by atomic mass is 32.1. The van der Waals surface area contributed by atoms with Gasteiger partial charge in [0.25, 0.3) is 0 Å². The number of nitrogens with zero attached hydrogens (tertiary/aromatic N) is 4. The summed E-state index contributed by atoms with van der Waals surface area (Å²) in [5.74, 6) is 0.290. The zero-order valence-corrected chi connectivity index (χ0v) is 16.7. The van der Waals surface area contributed by atoms with Crippen LogP contribution in [0.15, 0.2) is 48.1 Å². The van der Waals surface area contributed by atoms with Crippen molar-refractivity contribution in [1.82, 2.24) is 19.8 Å². The van der Waals surface area contributed by atoms with E-state index in [9.17, 15) is 4.79 Å². The van der Waals surface area contributed by atoms with Crippen molar-refractivity contribution >= 4 is 27.5 Å². The number of thiazole rings is 1. The molecule has 0 N–H and O–H groups in total. The van der Waals surface area contributed by atoms with Crippen LogP contribution in [0.2, 0.25) is 0 Å². The molecule has 0 bridgehead atoms. The number of hydrogen-bond acceptors (Lipinski definition) is 5. The molecule has 2 aliphatic heterocycles. The third-order valence-electron chi connectivity index (χ3n) is 6.21. The molecular weight excluding hydrogens is 368 g/mol. The lowest BCUT2D eigenvalue weighted by Gasteiger charge is -2.44. The van der Waals surface area contributed by atoms with E-state index in [-0.39, 0.29) is 5.54 Å². The van der Waals surface area contributed by atoms with Crippen LogP contribution >= 0.6 is 11.3 Å². The van der Waals surface area contributed by atoms with Gasteiger partial charge < -0.3 is 4.90 Å². The minimum absolute atomic E-state index is 0.290. The number of fused-ring (bicyclic) bond motifs is 1. The van der Waals surface area contributed by atoms with Crippen LogP contribution in [0.5, 0.6) is 0 Å². The first kappa shape index (κ1) is 17.8. The molecule has 1 atom stereocenters. The normalized spacial score (nSPS) is 23.1. The predicted octanol–water partition coefficient (Wildman–Crippen LogP) is 3.85. The van der Waals surface area contributed by atoms with Gasteiger partial charge in [-0.3, -0.25) is 14.7 Å². The highest BCUT2D eigenvalue weighted by Crippen LogP contribution is 2.40. The van der Waals surface area contributed by atoms with Crippen LogP contribution in [-0.2, 0) is 17.9 Å². The summed E-state index contributed by atoms with van der Waals surface area (Å²) in [6.45, 7) is 3.25. The number of benzene rings is 1. The fraction of sp³-hybridized carbons (Fsp3) is 0.409. The summed E-state index contributed by atoms with van der Waals surface area (Å²) in [4.78, 5) is 27.0. The van der Waals surface area contributed by atoms with E-state index < -0.39 is 0 Å². The smallest absolute Gasteiger partial charge is 0.243 e. The van der Waals surface area contributed by atoms with E-state index in [1.54, 1.807) is 17.5 Å². The van der Waals surface area contributed by atoms with Crippen LogP contribution in [0.1, 0.15) is 36.9 Å². The van der Waals surface area contributed by atoms with Crippen LogP contribution < -0.4 is 0 Å². The Morgan fingerprint density at radius 1 is 1.00 bits per heavy atom. The van der Waals surface area contributed by atoms with Gasteiger partial charge in [0.15, 0.2) is 0 Å². The summed E-state index contributed by atoms with van der Waals surface area (Å²) in [5.41, 5.74) is 4.87. The van der Waals surface area contributed by atoms with E-state index >= 15 is 0 Å². The molecule has 0 saturated carbocycles. The highest BCUT2D eigenvalue weighted by molar-refractivity contribution is 7.16. The number of pyridine rings is 1. The average molecular weight is 393 g/mol. The van der Waals surface area contributed by atoms with E-state index in [4.69, 9.17) is 0 Å². The maximum atomic E-state index is 13.6. The maximum absolute atomic E-state index is 13.6. The van der Waals surface area contributed by atoms with Gasteiger partial charge in [-0.15, -0.1) is 11.3 Å². The van der Waals surface area contributed by atoms with Gasteiger partial charge in [0.1, 0.15) is 5.54 Å². The summed E-state index contributed by atoms with van der Waals surface area (Å²) >= 11 is 1.69. The Hall–Kier alpha value is -2.31. The Bertz CT molecular complexity index is 988. The molecule has 1 aromatic carbocycles. The van der Waals surface area contributed by atoms with Crippen molar-refractivity contribution in [1.29, 1.82) is 0 Å². The van der Waals surface area contributed by atoms with Crippen LogP contribution in [0.3, 0.4) is 0 Å². The molecule has 1 unspecified atom stereocenters. The molecule has 2 aromatic heterocycles. The van der Waals surface area contributed by atoms with Crippen LogP contribution in [-0.4, -0.2) is 44.3 Å². The number of amides is 1. The highest BCUT2D eigenvalue weighted by Gasteiger charge is 2.50. The van der Waals surface area contributed by atoms with Crippen LogP contribution in [0, 0.1) is 0 Å². The molecule has 4 heterocycles. The lowest BCUT2D eigenvalue weighted by atomic mass is 9.85. The number of likely N-dealkylation sites (tertiary alicyclic amines) is 2. The summed E-state index contributed by atoms with van der Waals surface area (Å²) in [5, 5.41) is 0. The standard InChI is InChI=1S/C22H24N4OS/c27-21-22(9-4-12-25(21)15-18-7-1-2-11-23-18)10-5-13-26(22)14-17-6-3-8-19-20(17)28-16-24-19/h1-3,6-8,11,16H,4-5,9-10,12-15H2. The zero-order chi connectivity index (χ0) is 19.0. The SMILES string of the molecule is O=C1N(Cc2ccccn2)CCCC12CCCN2Cc1cccc2ncsc12. The number of carbonyl (C=O) groups excluding carboxylic acids is 1. The Kier molecular flexibility index (Phi) is 4.61. The molecular formula is C22H24N4OS. The molecule has 0 aliphatic carbocycles. The maximum Gasteiger partial charge on any atom is 0.243 e. The fourth-order valence-electron chi connectivity index (χ4n) is 4.87. The third-order valence-corrected chi connectivity index (χ3v) is 7.12. The van der Waals surface area contributed by atoms with Crippen molar-refractivity contribution in [2.24, 2.45) is 0 Å². The van der Waals surface area contributed by atoms with Crippen molar-refractivity contribution in [2.75, 3.05) is 13.1 Å². The molecule has 28 heavy (non-hydrogen) atoms. The molecule has 2 fully saturated rings. The van der Waals surface area contributed by atoms with Gasteiger partial charge in [0.2, 0.25) is 5.91 Å². The van der Waals surface area contributed by atoms with Crippen molar-refractivity contribution in [3.8, 4) is 0 Å². The van der Waals surface area contributed by atoms with Crippen molar-refractivity contribution in [3.63, 3.8) is 0 Å². The van der Waals surface area contributed by atoms with Gasteiger partial charge >= 0.3 is 0 Å². The number of aromatic nitrogens is 2. The molecule has 3 aromatic rings. The zero-order valence-electron chi connectivity index (χ0n) is 15.9. The Morgan fingerprint density at radius 3 is 2.75 bits per heavy atom. The summed E-state index contributed by atoms with van der Waals surface area (Å²) in [6.07, 6.45) is 5.87. The lowest BCUT2D eigenvalue weighted by molar-refractivity contribution is -0.148. The van der Waals surface area contributed by atoms with E-state index in [0.717, 1.165) is 56.5 Å². The first-order valence-electron chi connectivity index (χ1n) is 10.0. The molecule has 6 heteroatoms. The van der Waals surface area contributed by atoms with E-state index in [2.05, 4.69) is 33.1 Å². The van der Waals surface area contributed by atoms with E-state index in [1.165, 1.54) is 10.3 Å². The molecule has 1 spiro atoms. The van der Waals surface area contributed by atoms with Crippen molar-refractivity contribution in [3.05, 3.63) is 59.4 Å². The largest absolute Gasteiger partial charge is 0.335 e. The van der Waals surface area contributed by atoms with Gasteiger partial charge in [0, 0.05) is 19.3 Å². The van der Waals surface area contributed by atoms with E-state index in [1.807, 2.05) is 28.6 Å². The van der Waals surface area contributed by atoms with Gasteiger partial charge in [-0.2, -0.15) is 0 Å².